The van der Waals surface area contributed by atoms with E-state index in [1.807, 2.05) is 27.7 Å². The summed E-state index contributed by atoms with van der Waals surface area (Å²) in [6, 6.07) is 2.35. The summed E-state index contributed by atoms with van der Waals surface area (Å²) >= 11 is 0. The van der Waals surface area contributed by atoms with Gasteiger partial charge in [-0.1, -0.05) is 6.92 Å². The van der Waals surface area contributed by atoms with Crippen molar-refractivity contribution in [3.63, 3.8) is 0 Å². The van der Waals surface area contributed by atoms with Gasteiger partial charge in [0, 0.05) is 42.2 Å². The third-order valence-electron chi connectivity index (χ3n) is 8.52. The molecule has 1 fully saturated rings. The van der Waals surface area contributed by atoms with E-state index in [1.165, 1.54) is 0 Å². The number of fused-ring (bicyclic) bond motifs is 2. The zero-order chi connectivity index (χ0) is 26.5. The number of aromatic amines is 1. The number of nitrogens with one attached hydrogen (secondary N) is 2. The standard InChI is InChI=1S/C29H39N3O5/c1-7-30-20-10-8-19(9-11-20)29(5)36-25-17(3)21-12-13-32(28(34)24(21)18(4)26(25)37-29)15-22-23(35-6)14-16(2)31-27(22)33/h14,19-20,30H,7-13,15H2,1-6H3,(H,31,33). The number of ether oxygens (including phenoxy) is 3. The van der Waals surface area contributed by atoms with E-state index in [0.29, 0.717) is 47.6 Å². The van der Waals surface area contributed by atoms with Gasteiger partial charge in [-0.15, -0.1) is 0 Å². The lowest BCUT2D eigenvalue weighted by Gasteiger charge is -2.37. The van der Waals surface area contributed by atoms with Crippen molar-refractivity contribution in [2.75, 3.05) is 20.2 Å². The Morgan fingerprint density at radius 3 is 2.43 bits per heavy atom. The summed E-state index contributed by atoms with van der Waals surface area (Å²) in [5.41, 5.74) is 4.45. The first-order chi connectivity index (χ1) is 17.7. The number of methoxy groups -OCH3 is 1. The van der Waals surface area contributed by atoms with E-state index in [1.54, 1.807) is 18.1 Å². The molecule has 1 aromatic heterocycles. The molecule has 0 saturated heterocycles. The van der Waals surface area contributed by atoms with Crippen molar-refractivity contribution in [1.82, 2.24) is 15.2 Å². The average molecular weight is 510 g/mol. The number of hydrogen-bond acceptors (Lipinski definition) is 6. The van der Waals surface area contributed by atoms with Crippen LogP contribution in [0.15, 0.2) is 10.9 Å². The molecule has 0 radical (unpaired) electrons. The highest BCUT2D eigenvalue weighted by atomic mass is 16.7. The molecule has 1 aliphatic carbocycles. The van der Waals surface area contributed by atoms with Crippen molar-refractivity contribution < 1.29 is 19.0 Å². The largest absolute Gasteiger partial charge is 0.496 e. The lowest BCUT2D eigenvalue weighted by molar-refractivity contribution is -0.121. The Kier molecular flexibility index (Phi) is 6.73. The van der Waals surface area contributed by atoms with Crippen molar-refractivity contribution in [3.8, 4) is 17.2 Å². The highest BCUT2D eigenvalue weighted by Crippen LogP contribution is 2.52. The second-order valence-corrected chi connectivity index (χ2v) is 10.9. The second-order valence-electron chi connectivity index (χ2n) is 10.9. The highest BCUT2D eigenvalue weighted by molar-refractivity contribution is 6.00. The summed E-state index contributed by atoms with van der Waals surface area (Å²) < 4.78 is 18.6. The van der Waals surface area contributed by atoms with Crippen LogP contribution in [0.4, 0.5) is 0 Å². The molecule has 1 atom stereocenters. The van der Waals surface area contributed by atoms with Gasteiger partial charge in [-0.3, -0.25) is 9.59 Å². The molecular weight excluding hydrogens is 470 g/mol. The smallest absolute Gasteiger partial charge is 0.256 e. The van der Waals surface area contributed by atoms with Crippen LogP contribution < -0.4 is 25.1 Å². The number of nitrogens with zero attached hydrogens (tertiary/aromatic N) is 1. The molecular formula is C29H39N3O5. The normalized spacial score (nSPS) is 24.8. The average Bonchev–Trinajstić information content (AvgIpc) is 3.25. The van der Waals surface area contributed by atoms with Crippen LogP contribution in [0.25, 0.3) is 0 Å². The van der Waals surface area contributed by atoms with E-state index in [4.69, 9.17) is 14.2 Å². The summed E-state index contributed by atoms with van der Waals surface area (Å²) in [5.74, 6) is 1.44. The predicted molar refractivity (Wildman–Crippen MR) is 142 cm³/mol. The van der Waals surface area contributed by atoms with Crippen molar-refractivity contribution in [3.05, 3.63) is 49.9 Å². The first-order valence-electron chi connectivity index (χ1n) is 13.5. The lowest BCUT2D eigenvalue weighted by Crippen LogP contribution is -2.46. The van der Waals surface area contributed by atoms with Gasteiger partial charge in [0.25, 0.3) is 17.3 Å². The Morgan fingerprint density at radius 1 is 1.11 bits per heavy atom. The zero-order valence-corrected chi connectivity index (χ0v) is 22.9. The van der Waals surface area contributed by atoms with Gasteiger partial charge in [0.2, 0.25) is 0 Å². The number of amides is 1. The van der Waals surface area contributed by atoms with Gasteiger partial charge in [0.15, 0.2) is 11.5 Å². The molecule has 1 unspecified atom stereocenters. The maximum atomic E-state index is 13.8. The quantitative estimate of drug-likeness (QED) is 0.608. The van der Waals surface area contributed by atoms with Crippen LogP contribution >= 0.6 is 0 Å². The predicted octanol–water partition coefficient (Wildman–Crippen LogP) is 4.16. The van der Waals surface area contributed by atoms with Crippen LogP contribution in [0.1, 0.15) is 77.8 Å². The Balaban J connectivity index is 1.42. The summed E-state index contributed by atoms with van der Waals surface area (Å²) in [6.45, 7) is 11.7. The molecule has 3 heterocycles. The number of aryl methyl sites for hydroxylation is 1. The van der Waals surface area contributed by atoms with Gasteiger partial charge in [-0.05, 0) is 76.6 Å². The fourth-order valence-corrected chi connectivity index (χ4v) is 6.42. The van der Waals surface area contributed by atoms with Crippen LogP contribution in [-0.2, 0) is 13.0 Å². The van der Waals surface area contributed by atoms with Gasteiger partial charge >= 0.3 is 0 Å². The summed E-state index contributed by atoms with van der Waals surface area (Å²) in [6.07, 6.45) is 5.00. The highest BCUT2D eigenvalue weighted by Gasteiger charge is 2.48. The first-order valence-corrected chi connectivity index (χ1v) is 13.5. The molecule has 2 N–H and O–H groups in total. The maximum absolute atomic E-state index is 13.8. The van der Waals surface area contributed by atoms with Crippen LogP contribution in [-0.4, -0.2) is 47.8 Å². The lowest BCUT2D eigenvalue weighted by atomic mass is 9.81. The SMILES string of the molecule is CCNC1CCC(C2(C)Oc3c(C)c4c(c(C)c3O2)C(=O)N(Cc2c(OC)cc(C)[nH]c2=O)CC4)CC1. The molecule has 0 bridgehead atoms. The third-order valence-corrected chi connectivity index (χ3v) is 8.52. The number of rotatable bonds is 6. The Labute approximate surface area is 218 Å². The number of benzene rings is 1. The zero-order valence-electron chi connectivity index (χ0n) is 22.9. The fourth-order valence-electron chi connectivity index (χ4n) is 6.42. The van der Waals surface area contributed by atoms with E-state index in [2.05, 4.69) is 17.2 Å². The van der Waals surface area contributed by atoms with Gasteiger partial charge < -0.3 is 29.4 Å². The van der Waals surface area contributed by atoms with Crippen molar-refractivity contribution >= 4 is 5.91 Å². The molecule has 200 valence electrons. The number of aromatic nitrogens is 1. The molecule has 1 saturated carbocycles. The van der Waals surface area contributed by atoms with E-state index in [-0.39, 0.29) is 18.0 Å². The Hall–Kier alpha value is -3.00. The van der Waals surface area contributed by atoms with Crippen LogP contribution in [0.3, 0.4) is 0 Å². The molecule has 1 amide bonds. The summed E-state index contributed by atoms with van der Waals surface area (Å²) in [7, 11) is 1.54. The molecule has 8 heteroatoms. The third kappa shape index (κ3) is 4.39. The van der Waals surface area contributed by atoms with Gasteiger partial charge in [0.1, 0.15) is 5.75 Å². The molecule has 1 aromatic carbocycles. The van der Waals surface area contributed by atoms with E-state index >= 15 is 0 Å². The van der Waals surface area contributed by atoms with Gasteiger partial charge in [0.05, 0.1) is 19.2 Å². The number of hydrogen-bond donors (Lipinski definition) is 2. The van der Waals surface area contributed by atoms with Crippen molar-refractivity contribution in [1.29, 1.82) is 0 Å². The van der Waals surface area contributed by atoms with Crippen LogP contribution in [0, 0.1) is 26.7 Å². The minimum absolute atomic E-state index is 0.0879. The van der Waals surface area contributed by atoms with E-state index in [0.717, 1.165) is 60.4 Å². The topological polar surface area (TPSA) is 92.9 Å². The molecule has 3 aliphatic rings. The number of pyridine rings is 1. The molecule has 37 heavy (non-hydrogen) atoms. The van der Waals surface area contributed by atoms with Gasteiger partial charge in [-0.25, -0.2) is 0 Å². The summed E-state index contributed by atoms with van der Waals surface area (Å²) in [4.78, 5) is 31.1. The minimum atomic E-state index is -0.732. The number of carbonyl (C=O) groups is 1. The minimum Gasteiger partial charge on any atom is -0.496 e. The molecule has 2 aromatic rings. The first kappa shape index (κ1) is 25.6. The monoisotopic (exact) mass is 509 g/mol. The molecule has 5 rings (SSSR count). The maximum Gasteiger partial charge on any atom is 0.256 e. The second kappa shape index (κ2) is 9.71. The van der Waals surface area contributed by atoms with Crippen molar-refractivity contribution in [2.45, 2.75) is 85.1 Å². The van der Waals surface area contributed by atoms with Crippen LogP contribution in [0.2, 0.25) is 0 Å². The molecule has 2 aliphatic heterocycles. The summed E-state index contributed by atoms with van der Waals surface area (Å²) in [5, 5.41) is 3.57. The number of H-pyrrole nitrogens is 1. The number of carbonyl (C=O) groups excluding carboxylic acids is 1. The van der Waals surface area contributed by atoms with Gasteiger partial charge in [-0.2, -0.15) is 0 Å². The van der Waals surface area contributed by atoms with E-state index < -0.39 is 5.79 Å². The molecule has 0 spiro atoms. The van der Waals surface area contributed by atoms with E-state index in [9.17, 15) is 9.59 Å². The van der Waals surface area contributed by atoms with Crippen molar-refractivity contribution in [2.24, 2.45) is 5.92 Å². The Morgan fingerprint density at radius 2 is 1.78 bits per heavy atom. The fraction of sp³-hybridized carbons (Fsp3) is 0.586. The Bertz CT molecular complexity index is 1280. The van der Waals surface area contributed by atoms with Crippen LogP contribution in [0.5, 0.6) is 17.2 Å². The molecule has 8 nitrogen and oxygen atoms in total.